The highest BCUT2D eigenvalue weighted by atomic mass is 16.5. The number of benzene rings is 2. The fraction of sp³-hybridized carbons (Fsp3) is 0.455. The molecule has 136 valence electrons. The Morgan fingerprint density at radius 1 is 0.880 bits per heavy atom. The zero-order valence-electron chi connectivity index (χ0n) is 15.6. The molecule has 0 spiro atoms. The van der Waals surface area contributed by atoms with Gasteiger partial charge in [-0.1, -0.05) is 56.2 Å². The molecule has 2 aromatic carbocycles. The number of methoxy groups -OCH3 is 1. The van der Waals surface area contributed by atoms with E-state index in [0.717, 1.165) is 50.5 Å². The molecule has 25 heavy (non-hydrogen) atoms. The number of nitrogens with one attached hydrogen (secondary N) is 1. The smallest absolute Gasteiger partial charge is 0.161 e. The second-order valence-electron chi connectivity index (χ2n) is 6.31. The van der Waals surface area contributed by atoms with Gasteiger partial charge in [-0.25, -0.2) is 0 Å². The van der Waals surface area contributed by atoms with Crippen LogP contribution in [0.5, 0.6) is 11.5 Å². The van der Waals surface area contributed by atoms with Crippen LogP contribution in [0.1, 0.15) is 43.7 Å². The average Bonchev–Trinajstić information content (AvgIpc) is 2.66. The van der Waals surface area contributed by atoms with Gasteiger partial charge in [-0.15, -0.1) is 0 Å². The van der Waals surface area contributed by atoms with Crippen LogP contribution in [0.25, 0.3) is 0 Å². The first-order chi connectivity index (χ1) is 12.3. The highest BCUT2D eigenvalue weighted by Crippen LogP contribution is 2.28. The van der Waals surface area contributed by atoms with Crippen molar-refractivity contribution in [1.29, 1.82) is 0 Å². The Morgan fingerprint density at radius 3 is 2.48 bits per heavy atom. The van der Waals surface area contributed by atoms with Gasteiger partial charge in [0.05, 0.1) is 13.7 Å². The molecule has 0 bridgehead atoms. The van der Waals surface area contributed by atoms with Crippen LogP contribution in [0.15, 0.2) is 48.5 Å². The van der Waals surface area contributed by atoms with Gasteiger partial charge in [0.15, 0.2) is 11.5 Å². The summed E-state index contributed by atoms with van der Waals surface area (Å²) < 4.78 is 11.3. The highest BCUT2D eigenvalue weighted by Gasteiger charge is 2.05. The molecule has 2 rings (SSSR count). The summed E-state index contributed by atoms with van der Waals surface area (Å²) in [4.78, 5) is 0. The third-order valence-corrected chi connectivity index (χ3v) is 4.22. The molecular weight excluding hydrogens is 310 g/mol. The number of aryl methyl sites for hydroxylation is 1. The van der Waals surface area contributed by atoms with E-state index < -0.39 is 0 Å². The standard InChI is InChI=1S/C22H31NO2/c1-3-4-8-16-25-21-14-13-20(17-22(21)24-2)18-23-15-9-12-19-10-6-5-7-11-19/h5-7,10-11,13-14,17,23H,3-4,8-9,12,15-16,18H2,1-2H3. The number of unbranched alkanes of at least 4 members (excludes halogenated alkanes) is 2. The van der Waals surface area contributed by atoms with Crippen LogP contribution < -0.4 is 14.8 Å². The van der Waals surface area contributed by atoms with Crippen LogP contribution in [0, 0.1) is 0 Å². The summed E-state index contributed by atoms with van der Waals surface area (Å²) in [5.41, 5.74) is 2.62. The lowest BCUT2D eigenvalue weighted by atomic mass is 10.1. The van der Waals surface area contributed by atoms with Gasteiger partial charge in [-0.2, -0.15) is 0 Å². The van der Waals surface area contributed by atoms with E-state index in [9.17, 15) is 0 Å². The van der Waals surface area contributed by atoms with Crippen molar-refractivity contribution in [2.24, 2.45) is 0 Å². The van der Waals surface area contributed by atoms with Crippen molar-refractivity contribution in [3.05, 3.63) is 59.7 Å². The first kappa shape index (κ1) is 19.3. The second kappa shape index (κ2) is 11.5. The van der Waals surface area contributed by atoms with Gasteiger partial charge < -0.3 is 14.8 Å². The summed E-state index contributed by atoms with van der Waals surface area (Å²) >= 11 is 0. The molecule has 3 heteroatoms. The molecule has 1 N–H and O–H groups in total. The highest BCUT2D eigenvalue weighted by molar-refractivity contribution is 5.42. The fourth-order valence-corrected chi connectivity index (χ4v) is 2.77. The Bertz CT molecular complexity index is 598. The molecule has 0 saturated heterocycles. The van der Waals surface area contributed by atoms with E-state index in [1.54, 1.807) is 7.11 Å². The topological polar surface area (TPSA) is 30.5 Å². The minimum atomic E-state index is 0.751. The van der Waals surface area contributed by atoms with Gasteiger partial charge in [0, 0.05) is 6.54 Å². The van der Waals surface area contributed by atoms with E-state index in [4.69, 9.17) is 9.47 Å². The predicted octanol–water partition coefficient (Wildman–Crippen LogP) is 4.99. The number of hydrogen-bond donors (Lipinski definition) is 1. The van der Waals surface area contributed by atoms with E-state index in [1.165, 1.54) is 24.0 Å². The molecule has 0 radical (unpaired) electrons. The van der Waals surface area contributed by atoms with E-state index in [2.05, 4.69) is 54.7 Å². The Labute approximate surface area is 152 Å². The molecule has 2 aromatic rings. The zero-order valence-corrected chi connectivity index (χ0v) is 15.6. The van der Waals surface area contributed by atoms with Gasteiger partial charge in [-0.05, 0) is 49.1 Å². The molecule has 0 saturated carbocycles. The SMILES string of the molecule is CCCCCOc1ccc(CNCCCc2ccccc2)cc1OC. The molecular formula is C22H31NO2. The molecule has 0 aliphatic rings. The molecule has 0 amide bonds. The maximum atomic E-state index is 5.83. The van der Waals surface area contributed by atoms with E-state index >= 15 is 0 Å². The van der Waals surface area contributed by atoms with Crippen molar-refractivity contribution in [3.8, 4) is 11.5 Å². The summed E-state index contributed by atoms with van der Waals surface area (Å²) in [6.45, 7) is 4.80. The van der Waals surface area contributed by atoms with Crippen LogP contribution in [-0.2, 0) is 13.0 Å². The third-order valence-electron chi connectivity index (χ3n) is 4.22. The van der Waals surface area contributed by atoms with Crippen molar-refractivity contribution in [2.45, 2.75) is 45.6 Å². The van der Waals surface area contributed by atoms with Crippen molar-refractivity contribution in [3.63, 3.8) is 0 Å². The average molecular weight is 341 g/mol. The maximum Gasteiger partial charge on any atom is 0.161 e. The first-order valence-electron chi connectivity index (χ1n) is 9.38. The summed E-state index contributed by atoms with van der Waals surface area (Å²) in [6.07, 6.45) is 5.74. The van der Waals surface area contributed by atoms with Crippen LogP contribution >= 0.6 is 0 Å². The van der Waals surface area contributed by atoms with Gasteiger partial charge in [0.1, 0.15) is 0 Å². The monoisotopic (exact) mass is 341 g/mol. The van der Waals surface area contributed by atoms with E-state index in [-0.39, 0.29) is 0 Å². The Morgan fingerprint density at radius 2 is 1.72 bits per heavy atom. The lowest BCUT2D eigenvalue weighted by Gasteiger charge is -2.12. The van der Waals surface area contributed by atoms with E-state index in [1.807, 2.05) is 6.07 Å². The normalized spacial score (nSPS) is 10.6. The van der Waals surface area contributed by atoms with Crippen LogP contribution in [-0.4, -0.2) is 20.3 Å². The Kier molecular flexibility index (Phi) is 8.92. The van der Waals surface area contributed by atoms with Crippen molar-refractivity contribution >= 4 is 0 Å². The summed E-state index contributed by atoms with van der Waals surface area (Å²) in [5, 5.41) is 3.51. The minimum absolute atomic E-state index is 0.751. The predicted molar refractivity (Wildman–Crippen MR) is 104 cm³/mol. The number of hydrogen-bond acceptors (Lipinski definition) is 3. The van der Waals surface area contributed by atoms with Crippen molar-refractivity contribution in [2.75, 3.05) is 20.3 Å². The minimum Gasteiger partial charge on any atom is -0.493 e. The van der Waals surface area contributed by atoms with Gasteiger partial charge in [0.2, 0.25) is 0 Å². The molecule has 0 fully saturated rings. The van der Waals surface area contributed by atoms with E-state index in [0.29, 0.717) is 0 Å². The number of rotatable bonds is 12. The maximum absolute atomic E-state index is 5.83. The molecule has 0 aliphatic heterocycles. The summed E-state index contributed by atoms with van der Waals surface area (Å²) in [6, 6.07) is 16.8. The number of ether oxygens (including phenoxy) is 2. The second-order valence-corrected chi connectivity index (χ2v) is 6.31. The van der Waals surface area contributed by atoms with Crippen LogP contribution in [0.2, 0.25) is 0 Å². The molecule has 0 heterocycles. The molecule has 0 aromatic heterocycles. The van der Waals surface area contributed by atoms with Gasteiger partial charge in [0.25, 0.3) is 0 Å². The molecule has 0 atom stereocenters. The molecule has 0 aliphatic carbocycles. The quantitative estimate of drug-likeness (QED) is 0.552. The fourth-order valence-electron chi connectivity index (χ4n) is 2.77. The summed E-state index contributed by atoms with van der Waals surface area (Å²) in [5.74, 6) is 1.66. The molecule has 0 unspecified atom stereocenters. The third kappa shape index (κ3) is 7.18. The summed E-state index contributed by atoms with van der Waals surface area (Å²) in [7, 11) is 1.70. The van der Waals surface area contributed by atoms with Crippen molar-refractivity contribution in [1.82, 2.24) is 5.32 Å². The Balaban J connectivity index is 1.72. The lowest BCUT2D eigenvalue weighted by Crippen LogP contribution is -2.15. The van der Waals surface area contributed by atoms with Gasteiger partial charge in [-0.3, -0.25) is 0 Å². The van der Waals surface area contributed by atoms with Crippen LogP contribution in [0.4, 0.5) is 0 Å². The lowest BCUT2D eigenvalue weighted by molar-refractivity contribution is 0.286. The van der Waals surface area contributed by atoms with Gasteiger partial charge >= 0.3 is 0 Å². The zero-order chi connectivity index (χ0) is 17.7. The largest absolute Gasteiger partial charge is 0.493 e. The van der Waals surface area contributed by atoms with Crippen LogP contribution in [0.3, 0.4) is 0 Å². The Hall–Kier alpha value is -2.00. The molecule has 3 nitrogen and oxygen atoms in total. The first-order valence-corrected chi connectivity index (χ1v) is 9.38. The van der Waals surface area contributed by atoms with Crippen molar-refractivity contribution < 1.29 is 9.47 Å².